The summed E-state index contributed by atoms with van der Waals surface area (Å²) in [6.07, 6.45) is 7.30. The van der Waals surface area contributed by atoms with E-state index >= 15 is 0 Å². The predicted octanol–water partition coefficient (Wildman–Crippen LogP) is 4.74. The summed E-state index contributed by atoms with van der Waals surface area (Å²) in [7, 11) is 0. The standard InChI is InChI=1S/C33H28N4O5/c1-5-23-9-8-10-26(16-23)42-29-18-34-22(4)35-30(29)31(38)36-25(17-24-14-13-20(2)15-21(24)3)19-41-37-32(39)27-11-6-7-12-28(27)33(37)40/h1,6-16,18,25H,17,19H2,2-4H3,(H,36,38)/t25-/m1/s1. The average Bonchev–Trinajstić information content (AvgIpc) is 3.23. The van der Waals surface area contributed by atoms with Gasteiger partial charge >= 0.3 is 0 Å². The number of carbonyl (C=O) groups is 3. The van der Waals surface area contributed by atoms with Crippen LogP contribution in [-0.2, 0) is 11.3 Å². The van der Waals surface area contributed by atoms with Crippen LogP contribution in [0.1, 0.15) is 59.3 Å². The molecule has 0 bridgehead atoms. The van der Waals surface area contributed by atoms with Crippen LogP contribution in [0.2, 0.25) is 0 Å². The van der Waals surface area contributed by atoms with Gasteiger partial charge in [-0.05, 0) is 68.7 Å². The van der Waals surface area contributed by atoms with Crippen molar-refractivity contribution >= 4 is 17.7 Å². The molecule has 1 atom stereocenters. The first-order valence-corrected chi connectivity index (χ1v) is 13.3. The largest absolute Gasteiger partial charge is 0.453 e. The van der Waals surface area contributed by atoms with E-state index < -0.39 is 23.8 Å². The van der Waals surface area contributed by atoms with Crippen molar-refractivity contribution in [2.24, 2.45) is 0 Å². The maximum Gasteiger partial charge on any atom is 0.285 e. The minimum atomic E-state index is -0.642. The maximum absolute atomic E-state index is 13.7. The van der Waals surface area contributed by atoms with Gasteiger partial charge in [0, 0.05) is 5.56 Å². The number of benzene rings is 3. The van der Waals surface area contributed by atoms with Gasteiger partial charge in [-0.25, -0.2) is 9.97 Å². The number of amides is 3. The SMILES string of the molecule is C#Cc1cccc(Oc2cnc(C)nc2C(=O)N[C@@H](CON2C(=O)c3ccccc3C2=O)Cc2ccc(C)cc2C)c1. The molecule has 42 heavy (non-hydrogen) atoms. The van der Waals surface area contributed by atoms with E-state index in [4.69, 9.17) is 16.0 Å². The van der Waals surface area contributed by atoms with Crippen LogP contribution in [0.3, 0.4) is 0 Å². The second kappa shape index (κ2) is 12.0. The Morgan fingerprint density at radius 1 is 1.00 bits per heavy atom. The van der Waals surface area contributed by atoms with E-state index in [2.05, 4.69) is 21.2 Å². The predicted molar refractivity (Wildman–Crippen MR) is 155 cm³/mol. The van der Waals surface area contributed by atoms with Crippen molar-refractivity contribution in [2.45, 2.75) is 33.2 Å². The molecule has 4 aromatic rings. The van der Waals surface area contributed by atoms with Crippen LogP contribution >= 0.6 is 0 Å². The fraction of sp³-hybridized carbons (Fsp3) is 0.182. The number of nitrogens with zero attached hydrogens (tertiary/aromatic N) is 3. The molecule has 0 saturated carbocycles. The first-order chi connectivity index (χ1) is 20.2. The summed E-state index contributed by atoms with van der Waals surface area (Å²) in [5.74, 6) is 1.84. The number of hydrogen-bond acceptors (Lipinski definition) is 7. The number of ether oxygens (including phenoxy) is 1. The highest BCUT2D eigenvalue weighted by molar-refractivity contribution is 6.20. The van der Waals surface area contributed by atoms with Crippen molar-refractivity contribution in [3.05, 3.63) is 118 Å². The first-order valence-electron chi connectivity index (χ1n) is 13.3. The lowest BCUT2D eigenvalue weighted by Gasteiger charge is -2.23. The van der Waals surface area contributed by atoms with Gasteiger partial charge in [0.25, 0.3) is 17.7 Å². The molecule has 0 saturated heterocycles. The van der Waals surface area contributed by atoms with Crippen molar-refractivity contribution in [3.63, 3.8) is 0 Å². The third-order valence-electron chi connectivity index (χ3n) is 6.78. The Hall–Kier alpha value is -5.33. The maximum atomic E-state index is 13.7. The molecule has 9 heteroatoms. The summed E-state index contributed by atoms with van der Waals surface area (Å²) in [4.78, 5) is 53.7. The summed E-state index contributed by atoms with van der Waals surface area (Å²) in [6, 6.07) is 18.8. The van der Waals surface area contributed by atoms with Gasteiger partial charge in [-0.2, -0.15) is 0 Å². The molecule has 1 aliphatic rings. The molecule has 5 rings (SSSR count). The summed E-state index contributed by atoms with van der Waals surface area (Å²) in [6.45, 7) is 5.49. The molecule has 9 nitrogen and oxygen atoms in total. The van der Waals surface area contributed by atoms with Gasteiger partial charge in [0.1, 0.15) is 11.6 Å². The van der Waals surface area contributed by atoms with E-state index in [0.717, 1.165) is 21.8 Å². The van der Waals surface area contributed by atoms with Crippen molar-refractivity contribution in [1.82, 2.24) is 20.3 Å². The molecule has 2 heterocycles. The van der Waals surface area contributed by atoms with Crippen LogP contribution in [0.5, 0.6) is 11.5 Å². The second-order valence-corrected chi connectivity index (χ2v) is 9.95. The van der Waals surface area contributed by atoms with Gasteiger partial charge in [0.2, 0.25) is 0 Å². The lowest BCUT2D eigenvalue weighted by atomic mass is 9.99. The van der Waals surface area contributed by atoms with Crippen molar-refractivity contribution in [2.75, 3.05) is 6.61 Å². The Morgan fingerprint density at radius 2 is 1.74 bits per heavy atom. The summed E-state index contributed by atoms with van der Waals surface area (Å²) >= 11 is 0. The molecular formula is C33H28N4O5. The minimum Gasteiger partial charge on any atom is -0.453 e. The summed E-state index contributed by atoms with van der Waals surface area (Å²) in [5.41, 5.74) is 4.27. The number of hydroxylamine groups is 2. The monoisotopic (exact) mass is 560 g/mol. The van der Waals surface area contributed by atoms with Gasteiger partial charge in [-0.1, -0.05) is 47.9 Å². The Bertz CT molecular complexity index is 1710. The molecule has 1 N–H and O–H groups in total. The van der Waals surface area contributed by atoms with Crippen LogP contribution in [0.15, 0.2) is 72.9 Å². The zero-order valence-electron chi connectivity index (χ0n) is 23.4. The minimum absolute atomic E-state index is 0.0139. The van der Waals surface area contributed by atoms with E-state index in [9.17, 15) is 14.4 Å². The van der Waals surface area contributed by atoms with Crippen LogP contribution in [0, 0.1) is 33.1 Å². The molecule has 0 aliphatic carbocycles. The number of aryl methyl sites for hydroxylation is 3. The highest BCUT2D eigenvalue weighted by atomic mass is 16.7. The van der Waals surface area contributed by atoms with Crippen molar-refractivity contribution in [3.8, 4) is 23.8 Å². The third-order valence-corrected chi connectivity index (χ3v) is 6.78. The zero-order chi connectivity index (χ0) is 29.8. The van der Waals surface area contributed by atoms with E-state index in [-0.39, 0.29) is 29.2 Å². The number of fused-ring (bicyclic) bond motifs is 1. The Morgan fingerprint density at radius 3 is 2.43 bits per heavy atom. The van der Waals surface area contributed by atoms with Crippen LogP contribution in [0.4, 0.5) is 0 Å². The number of imide groups is 1. The van der Waals surface area contributed by atoms with Gasteiger partial charge in [0.15, 0.2) is 11.4 Å². The Balaban J connectivity index is 1.39. The van der Waals surface area contributed by atoms with Gasteiger partial charge in [-0.15, -0.1) is 11.5 Å². The molecule has 0 fully saturated rings. The Kier molecular flexibility index (Phi) is 8.09. The molecular weight excluding hydrogens is 532 g/mol. The lowest BCUT2D eigenvalue weighted by molar-refractivity contribution is -0.0969. The van der Waals surface area contributed by atoms with Crippen molar-refractivity contribution < 1.29 is 24.0 Å². The molecule has 0 unspecified atom stereocenters. The van der Waals surface area contributed by atoms with Crippen LogP contribution in [0.25, 0.3) is 0 Å². The van der Waals surface area contributed by atoms with Gasteiger partial charge in [-0.3, -0.25) is 19.2 Å². The lowest BCUT2D eigenvalue weighted by Crippen LogP contribution is -2.43. The van der Waals surface area contributed by atoms with E-state index in [0.29, 0.717) is 23.6 Å². The number of terminal acetylenes is 1. The molecule has 1 aliphatic heterocycles. The van der Waals surface area contributed by atoms with E-state index in [1.54, 1.807) is 55.5 Å². The summed E-state index contributed by atoms with van der Waals surface area (Å²) in [5, 5.41) is 3.70. The van der Waals surface area contributed by atoms with Gasteiger partial charge in [0.05, 0.1) is 30.0 Å². The number of hydrogen-bond donors (Lipinski definition) is 1. The smallest absolute Gasteiger partial charge is 0.285 e. The topological polar surface area (TPSA) is 111 Å². The molecule has 210 valence electrons. The first kappa shape index (κ1) is 28.2. The molecule has 1 aromatic heterocycles. The van der Waals surface area contributed by atoms with Crippen LogP contribution in [-0.4, -0.2) is 45.4 Å². The van der Waals surface area contributed by atoms with Gasteiger partial charge < -0.3 is 10.1 Å². The number of nitrogens with one attached hydrogen (secondary N) is 1. The second-order valence-electron chi connectivity index (χ2n) is 9.95. The molecule has 0 spiro atoms. The third kappa shape index (κ3) is 6.04. The molecule has 0 radical (unpaired) electrons. The zero-order valence-corrected chi connectivity index (χ0v) is 23.4. The van der Waals surface area contributed by atoms with E-state index in [1.807, 2.05) is 32.0 Å². The fourth-order valence-corrected chi connectivity index (χ4v) is 4.67. The molecule has 3 amide bonds. The Labute approximate surface area is 243 Å². The normalized spacial score (nSPS) is 13.0. The van der Waals surface area contributed by atoms with Crippen molar-refractivity contribution in [1.29, 1.82) is 0 Å². The highest BCUT2D eigenvalue weighted by Crippen LogP contribution is 2.26. The highest BCUT2D eigenvalue weighted by Gasteiger charge is 2.37. The fourth-order valence-electron chi connectivity index (χ4n) is 4.67. The molecule has 3 aromatic carbocycles. The quantitative estimate of drug-likeness (QED) is 0.232. The number of rotatable bonds is 9. The number of carbonyl (C=O) groups excluding carboxylic acids is 3. The summed E-state index contributed by atoms with van der Waals surface area (Å²) < 4.78 is 5.96. The average molecular weight is 561 g/mol. The van der Waals surface area contributed by atoms with Crippen LogP contribution < -0.4 is 10.1 Å². The van der Waals surface area contributed by atoms with E-state index in [1.165, 1.54) is 6.20 Å². The number of aromatic nitrogens is 2.